The van der Waals surface area contributed by atoms with E-state index in [0.717, 1.165) is 103 Å². The zero-order valence-electron chi connectivity index (χ0n) is 21.5. The lowest BCUT2D eigenvalue weighted by molar-refractivity contribution is -0.246. The molecule has 5 rings (SSSR count). The maximum Gasteiger partial charge on any atom is 0.140 e. The predicted octanol–water partition coefficient (Wildman–Crippen LogP) is 4.57. The van der Waals surface area contributed by atoms with Gasteiger partial charge in [-0.15, -0.1) is 0 Å². The van der Waals surface area contributed by atoms with Crippen molar-refractivity contribution in [1.29, 1.82) is 0 Å². The Morgan fingerprint density at radius 1 is 0.471 bits per heavy atom. The summed E-state index contributed by atoms with van der Waals surface area (Å²) in [5.41, 5.74) is -1.34. The minimum Gasteiger partial charge on any atom is -0.386 e. The van der Waals surface area contributed by atoms with Gasteiger partial charge in [-0.2, -0.15) is 0 Å². The molecule has 0 radical (unpaired) electrons. The van der Waals surface area contributed by atoms with Crippen LogP contribution in [0.1, 0.15) is 116 Å². The van der Waals surface area contributed by atoms with E-state index in [1.54, 1.807) is 0 Å². The Morgan fingerprint density at radius 3 is 1.35 bits per heavy atom. The van der Waals surface area contributed by atoms with Crippen LogP contribution in [-0.4, -0.2) is 82.1 Å². The average molecular weight is 479 g/mol. The summed E-state index contributed by atoms with van der Waals surface area (Å²) < 4.78 is 13.1. The topological polar surface area (TPSA) is 65.4 Å². The summed E-state index contributed by atoms with van der Waals surface area (Å²) in [7, 11) is 0. The van der Waals surface area contributed by atoms with Crippen molar-refractivity contribution >= 4 is 0 Å². The lowest BCUT2D eigenvalue weighted by Crippen LogP contribution is -2.62. The summed E-state index contributed by atoms with van der Waals surface area (Å²) in [6.07, 6.45) is 19.7. The molecule has 34 heavy (non-hydrogen) atoms. The number of aliphatic hydroxyl groups is 2. The zero-order valence-corrected chi connectivity index (χ0v) is 21.5. The number of rotatable bonds is 0. The molecule has 0 saturated carbocycles. The second kappa shape index (κ2) is 11.4. The Morgan fingerprint density at radius 2 is 0.882 bits per heavy atom. The third-order valence-electron chi connectivity index (χ3n) is 9.58. The zero-order chi connectivity index (χ0) is 23.4. The molecule has 0 aromatic heterocycles. The molecule has 0 aromatic rings. The van der Waals surface area contributed by atoms with Crippen molar-refractivity contribution in [2.24, 2.45) is 0 Å². The van der Waals surface area contributed by atoms with E-state index >= 15 is 0 Å². The van der Waals surface area contributed by atoms with Gasteiger partial charge in [0.25, 0.3) is 0 Å². The minimum absolute atomic E-state index is 0.0957. The van der Waals surface area contributed by atoms with Crippen molar-refractivity contribution in [1.82, 2.24) is 9.80 Å². The minimum atomic E-state index is -0.668. The summed E-state index contributed by atoms with van der Waals surface area (Å²) in [5.74, 6) is 0. The second-order valence-electron chi connectivity index (χ2n) is 12.2. The van der Waals surface area contributed by atoms with Crippen LogP contribution in [0, 0.1) is 0 Å². The third-order valence-corrected chi connectivity index (χ3v) is 9.58. The molecule has 0 amide bonds. The Balaban J connectivity index is 1.21. The molecule has 0 aromatic carbocycles. The van der Waals surface area contributed by atoms with E-state index in [1.165, 1.54) is 38.5 Å². The highest BCUT2D eigenvalue weighted by Gasteiger charge is 2.48. The molecule has 4 bridgehead atoms. The molecule has 6 atom stereocenters. The highest BCUT2D eigenvalue weighted by molar-refractivity contribution is 4.96. The average Bonchev–Trinajstić information content (AvgIpc) is 2.84. The van der Waals surface area contributed by atoms with E-state index in [1.807, 2.05) is 0 Å². The van der Waals surface area contributed by atoms with E-state index < -0.39 is 11.2 Å². The van der Waals surface area contributed by atoms with Crippen LogP contribution in [0.2, 0.25) is 0 Å². The van der Waals surface area contributed by atoms with E-state index in [0.29, 0.717) is 12.2 Å². The lowest BCUT2D eigenvalue weighted by Gasteiger charge is -2.51. The molecular formula is C28H50N2O4. The maximum absolute atomic E-state index is 11.6. The van der Waals surface area contributed by atoms with Crippen LogP contribution in [-0.2, 0) is 9.47 Å². The Bertz CT molecular complexity index is 596. The Kier molecular flexibility index (Phi) is 8.55. The van der Waals surface area contributed by atoms with Gasteiger partial charge in [-0.25, -0.2) is 0 Å². The van der Waals surface area contributed by atoms with Gasteiger partial charge in [0, 0.05) is 26.2 Å². The maximum atomic E-state index is 11.6. The lowest BCUT2D eigenvalue weighted by atomic mass is 9.83. The largest absolute Gasteiger partial charge is 0.386 e. The van der Waals surface area contributed by atoms with Gasteiger partial charge in [0.1, 0.15) is 23.7 Å². The number of hydrogen-bond donors (Lipinski definition) is 2. The monoisotopic (exact) mass is 478 g/mol. The van der Waals surface area contributed by atoms with Crippen molar-refractivity contribution in [3.8, 4) is 0 Å². The van der Waals surface area contributed by atoms with Gasteiger partial charge in [-0.3, -0.25) is 9.80 Å². The standard InChI is InChI=1S/C28H50N2O4/c31-27-15-7-3-1-5-11-23-13-21-29-20-10-18-28(32,26(29)33-23)16-8-4-2-6-12-24-14-22-30(19-9-17-27)25(27)34-24/h23-26,31-32H,1-22H2/t23-,24-,25-,26-,27-,28-/m0/s1. The van der Waals surface area contributed by atoms with Crippen LogP contribution < -0.4 is 0 Å². The van der Waals surface area contributed by atoms with Crippen molar-refractivity contribution in [3.05, 3.63) is 0 Å². The SMILES string of the molecule is O[C@@]12CCCCCC[C@H]3CCN4CCC[C@@](O)(CCCCCC[C@H]5CCN(CCC1)[C@H]2O5)[C@@H]4O3. The normalized spacial score (nSPS) is 44.3. The van der Waals surface area contributed by atoms with Crippen LogP contribution in [0.25, 0.3) is 0 Å². The summed E-state index contributed by atoms with van der Waals surface area (Å²) in [4.78, 5) is 4.83. The number of piperidine rings is 2. The van der Waals surface area contributed by atoms with Crippen LogP contribution >= 0.6 is 0 Å². The van der Waals surface area contributed by atoms with Crippen LogP contribution in [0.4, 0.5) is 0 Å². The summed E-state index contributed by atoms with van der Waals surface area (Å²) in [6.45, 7) is 4.29. The van der Waals surface area contributed by atoms with Gasteiger partial charge in [0.15, 0.2) is 0 Å². The van der Waals surface area contributed by atoms with Crippen molar-refractivity contribution in [2.45, 2.75) is 151 Å². The summed E-state index contributed by atoms with van der Waals surface area (Å²) in [6, 6.07) is 0. The second-order valence-corrected chi connectivity index (χ2v) is 12.2. The molecule has 5 fully saturated rings. The number of ether oxygens (including phenoxy) is 2. The quantitative estimate of drug-likeness (QED) is 0.532. The number of fused-ring (bicyclic) bond motifs is 2. The van der Waals surface area contributed by atoms with E-state index in [9.17, 15) is 10.2 Å². The summed E-state index contributed by atoms with van der Waals surface area (Å²) >= 11 is 0. The van der Waals surface area contributed by atoms with Crippen LogP contribution in [0.3, 0.4) is 0 Å². The van der Waals surface area contributed by atoms with Crippen molar-refractivity contribution < 1.29 is 19.7 Å². The molecule has 6 heteroatoms. The van der Waals surface area contributed by atoms with Gasteiger partial charge < -0.3 is 19.7 Å². The fraction of sp³-hybridized carbons (Fsp3) is 1.00. The molecule has 196 valence electrons. The van der Waals surface area contributed by atoms with Gasteiger partial charge in [0.05, 0.1) is 12.2 Å². The van der Waals surface area contributed by atoms with Gasteiger partial charge >= 0.3 is 0 Å². The molecule has 6 nitrogen and oxygen atoms in total. The van der Waals surface area contributed by atoms with Crippen LogP contribution in [0.15, 0.2) is 0 Å². The predicted molar refractivity (Wildman–Crippen MR) is 133 cm³/mol. The van der Waals surface area contributed by atoms with Gasteiger partial charge in [-0.05, 0) is 64.2 Å². The van der Waals surface area contributed by atoms with E-state index in [4.69, 9.17) is 9.47 Å². The molecular weight excluding hydrogens is 428 g/mol. The first-order chi connectivity index (χ1) is 16.6. The molecule has 0 unspecified atom stereocenters. The third kappa shape index (κ3) is 5.84. The first-order valence-corrected chi connectivity index (χ1v) is 14.8. The Hall–Kier alpha value is -0.240. The smallest absolute Gasteiger partial charge is 0.140 e. The molecule has 5 saturated heterocycles. The van der Waals surface area contributed by atoms with E-state index in [2.05, 4.69) is 9.80 Å². The number of hydrogen-bond acceptors (Lipinski definition) is 6. The Labute approximate surface area is 207 Å². The fourth-order valence-corrected chi connectivity index (χ4v) is 7.58. The van der Waals surface area contributed by atoms with Gasteiger partial charge in [0.2, 0.25) is 0 Å². The summed E-state index contributed by atoms with van der Waals surface area (Å²) in [5, 5.41) is 23.2. The highest BCUT2D eigenvalue weighted by atomic mass is 16.5. The molecule has 5 aliphatic heterocycles. The molecule has 0 spiro atoms. The molecule has 2 N–H and O–H groups in total. The van der Waals surface area contributed by atoms with E-state index in [-0.39, 0.29) is 12.5 Å². The molecule has 5 aliphatic rings. The first-order valence-electron chi connectivity index (χ1n) is 14.8. The molecule has 0 aliphatic carbocycles. The molecule has 5 heterocycles. The fourth-order valence-electron chi connectivity index (χ4n) is 7.58. The number of nitrogens with zero attached hydrogens (tertiary/aromatic N) is 2. The first kappa shape index (κ1) is 25.4. The van der Waals surface area contributed by atoms with Crippen molar-refractivity contribution in [3.63, 3.8) is 0 Å². The van der Waals surface area contributed by atoms with Crippen LogP contribution in [0.5, 0.6) is 0 Å². The van der Waals surface area contributed by atoms with Gasteiger partial charge in [-0.1, -0.05) is 51.4 Å². The highest BCUT2D eigenvalue weighted by Crippen LogP contribution is 2.39. The van der Waals surface area contributed by atoms with Crippen molar-refractivity contribution in [2.75, 3.05) is 26.2 Å².